The molecule has 2 atom stereocenters. The van der Waals surface area contributed by atoms with E-state index >= 15 is 0 Å². The Kier molecular flexibility index (Phi) is 5.56. The summed E-state index contributed by atoms with van der Waals surface area (Å²) in [5, 5.41) is 14.4. The molecule has 1 aromatic heterocycles. The molecule has 34 heavy (non-hydrogen) atoms. The summed E-state index contributed by atoms with van der Waals surface area (Å²) < 4.78 is 34.9. The molecule has 2 aliphatic rings. The summed E-state index contributed by atoms with van der Waals surface area (Å²) >= 11 is 0. The van der Waals surface area contributed by atoms with E-state index < -0.39 is 6.04 Å². The average molecular weight is 466 g/mol. The highest BCUT2D eigenvalue weighted by atomic mass is 19.1. The van der Waals surface area contributed by atoms with E-state index in [4.69, 9.17) is 18.8 Å². The number of nitrogens with zero attached hydrogens (tertiary/aromatic N) is 2. The highest BCUT2D eigenvalue weighted by Gasteiger charge is 2.38. The van der Waals surface area contributed by atoms with Crippen molar-refractivity contribution in [3.8, 4) is 17.2 Å². The molecule has 0 amide bonds. The summed E-state index contributed by atoms with van der Waals surface area (Å²) in [6, 6.07) is 9.11. The van der Waals surface area contributed by atoms with Gasteiger partial charge < -0.3 is 24.8 Å². The van der Waals surface area contributed by atoms with Crippen molar-refractivity contribution in [2.45, 2.75) is 24.8 Å². The second kappa shape index (κ2) is 8.69. The molecular weight excluding hydrogens is 443 g/mol. The number of allylic oxidation sites excluding steroid dienone is 1. The summed E-state index contributed by atoms with van der Waals surface area (Å²) in [6.45, 7) is 0. The number of Topliss-reactive ketones (excluding diaryl/α,β-unsaturated/α-hetero) is 1. The van der Waals surface area contributed by atoms with Crippen LogP contribution in [0.3, 0.4) is 0 Å². The first-order valence-electron chi connectivity index (χ1n) is 10.7. The van der Waals surface area contributed by atoms with Crippen molar-refractivity contribution in [2.24, 2.45) is 0 Å². The maximum atomic E-state index is 13.6. The van der Waals surface area contributed by atoms with Gasteiger partial charge in [-0.25, -0.2) is 9.02 Å². The second-order valence-corrected chi connectivity index (χ2v) is 8.09. The predicted octanol–water partition coefficient (Wildman–Crippen LogP) is 4.21. The minimum absolute atomic E-state index is 0.0560. The van der Waals surface area contributed by atoms with Crippen LogP contribution in [0, 0.1) is 5.82 Å². The molecule has 9 nitrogen and oxygen atoms in total. The molecule has 176 valence electrons. The van der Waals surface area contributed by atoms with Crippen molar-refractivity contribution in [1.82, 2.24) is 10.3 Å². The van der Waals surface area contributed by atoms with Crippen molar-refractivity contribution >= 4 is 17.4 Å². The molecule has 1 aliphatic carbocycles. The molecule has 10 heteroatoms. The number of hydrogen-bond donors (Lipinski definition) is 2. The molecule has 2 heterocycles. The highest BCUT2D eigenvalue weighted by Crippen LogP contribution is 2.47. The van der Waals surface area contributed by atoms with Crippen LogP contribution in [-0.2, 0) is 4.79 Å². The number of ether oxygens (including phenoxy) is 3. The van der Waals surface area contributed by atoms with Crippen molar-refractivity contribution < 1.29 is 28.0 Å². The molecule has 0 saturated heterocycles. The average Bonchev–Trinajstić information content (AvgIpc) is 3.22. The number of aromatic nitrogens is 2. The Morgan fingerprint density at radius 3 is 2.32 bits per heavy atom. The molecule has 1 aliphatic heterocycles. The van der Waals surface area contributed by atoms with Crippen LogP contribution in [0.2, 0.25) is 0 Å². The van der Waals surface area contributed by atoms with E-state index in [9.17, 15) is 9.18 Å². The smallest absolute Gasteiger partial charge is 0.219 e. The zero-order valence-corrected chi connectivity index (χ0v) is 18.8. The Morgan fingerprint density at radius 2 is 1.62 bits per heavy atom. The van der Waals surface area contributed by atoms with Crippen LogP contribution in [-0.4, -0.2) is 37.4 Å². The van der Waals surface area contributed by atoms with Gasteiger partial charge in [0.1, 0.15) is 11.6 Å². The van der Waals surface area contributed by atoms with E-state index in [2.05, 4.69) is 20.9 Å². The van der Waals surface area contributed by atoms with Crippen LogP contribution in [0.5, 0.6) is 17.2 Å². The number of rotatable bonds is 5. The number of methoxy groups -OCH3 is 3. The predicted molar refractivity (Wildman–Crippen MR) is 121 cm³/mol. The van der Waals surface area contributed by atoms with Gasteiger partial charge in [0.15, 0.2) is 17.3 Å². The number of carbonyl (C=O) groups is 1. The Bertz CT molecular complexity index is 1270. The lowest BCUT2D eigenvalue weighted by molar-refractivity contribution is -0.116. The zero-order valence-electron chi connectivity index (χ0n) is 18.8. The van der Waals surface area contributed by atoms with Gasteiger partial charge in [-0.15, -0.1) is 0 Å². The first-order valence-corrected chi connectivity index (χ1v) is 10.7. The third-order valence-corrected chi connectivity index (χ3v) is 6.22. The molecule has 0 saturated carbocycles. The van der Waals surface area contributed by atoms with Crippen LogP contribution in [0.4, 0.5) is 16.0 Å². The Balaban J connectivity index is 1.64. The Labute approximate surface area is 194 Å². The van der Waals surface area contributed by atoms with Gasteiger partial charge in [0.05, 0.1) is 27.4 Å². The monoisotopic (exact) mass is 466 g/mol. The number of nitrogens with one attached hydrogen (secondary N) is 2. The fourth-order valence-corrected chi connectivity index (χ4v) is 4.58. The van der Waals surface area contributed by atoms with E-state index in [-0.39, 0.29) is 23.9 Å². The Morgan fingerprint density at radius 1 is 0.941 bits per heavy atom. The lowest BCUT2D eigenvalue weighted by Gasteiger charge is -2.30. The molecule has 0 fully saturated rings. The molecule has 3 aromatic rings. The fraction of sp³-hybridized carbons (Fsp3) is 0.292. The third kappa shape index (κ3) is 3.70. The summed E-state index contributed by atoms with van der Waals surface area (Å²) in [6.07, 6.45) is 0.794. The maximum absolute atomic E-state index is 13.6. The maximum Gasteiger partial charge on any atom is 0.219 e. The second-order valence-electron chi connectivity index (χ2n) is 8.09. The zero-order chi connectivity index (χ0) is 23.8. The van der Waals surface area contributed by atoms with Gasteiger partial charge in [0, 0.05) is 29.3 Å². The summed E-state index contributed by atoms with van der Waals surface area (Å²) in [5.41, 5.74) is 2.79. The minimum atomic E-state index is -0.618. The highest BCUT2D eigenvalue weighted by molar-refractivity contribution is 6.01. The number of halogens is 1. The lowest BCUT2D eigenvalue weighted by Crippen LogP contribution is -2.27. The van der Waals surface area contributed by atoms with Crippen molar-refractivity contribution in [3.05, 3.63) is 64.6 Å². The van der Waals surface area contributed by atoms with Crippen molar-refractivity contribution in [1.29, 1.82) is 0 Å². The summed E-state index contributed by atoms with van der Waals surface area (Å²) in [5.74, 6) is 1.75. The molecule has 2 aromatic carbocycles. The van der Waals surface area contributed by atoms with E-state index in [0.717, 1.165) is 5.56 Å². The van der Waals surface area contributed by atoms with Crippen LogP contribution >= 0.6 is 0 Å². The van der Waals surface area contributed by atoms with E-state index in [1.54, 1.807) is 45.6 Å². The quantitative estimate of drug-likeness (QED) is 0.572. The SMILES string of the molecule is COc1cc(OC)c([C@@H]2Nc3nonc3NC3=C2C(=O)C[C@@H](c2ccc(F)cc2)C3)cc1OC. The number of ketones is 1. The number of fused-ring (bicyclic) bond motifs is 1. The fourth-order valence-electron chi connectivity index (χ4n) is 4.58. The first kappa shape index (κ1) is 21.7. The van der Waals surface area contributed by atoms with Gasteiger partial charge in [0.2, 0.25) is 11.6 Å². The van der Waals surface area contributed by atoms with Gasteiger partial charge in [0.25, 0.3) is 0 Å². The number of benzene rings is 2. The first-order chi connectivity index (χ1) is 16.5. The van der Waals surface area contributed by atoms with Crippen LogP contribution in [0.25, 0.3) is 0 Å². The normalized spacial score (nSPS) is 19.4. The van der Waals surface area contributed by atoms with Crippen LogP contribution in [0.15, 0.2) is 52.3 Å². The van der Waals surface area contributed by atoms with Gasteiger partial charge in [-0.05, 0) is 46.4 Å². The number of hydrogen-bond acceptors (Lipinski definition) is 9. The van der Waals surface area contributed by atoms with E-state index in [1.807, 2.05) is 0 Å². The van der Waals surface area contributed by atoms with Crippen LogP contribution < -0.4 is 24.8 Å². The molecule has 2 N–H and O–H groups in total. The molecule has 0 bridgehead atoms. The van der Waals surface area contributed by atoms with Crippen LogP contribution in [0.1, 0.15) is 35.9 Å². The van der Waals surface area contributed by atoms with Gasteiger partial charge in [-0.1, -0.05) is 12.1 Å². The minimum Gasteiger partial charge on any atom is -0.496 e. The lowest BCUT2D eigenvalue weighted by atomic mass is 9.78. The molecule has 0 spiro atoms. The Hall–Kier alpha value is -4.08. The van der Waals surface area contributed by atoms with E-state index in [1.165, 1.54) is 12.1 Å². The number of carbonyl (C=O) groups excluding carboxylic acids is 1. The number of anilines is 2. The molecule has 0 radical (unpaired) electrons. The topological polar surface area (TPSA) is 108 Å². The standard InChI is InChI=1S/C24H23FN4O5/c1-31-18-11-20(33-3)19(32-2)10-15(18)22-21-16(26-23-24(27-22)29-34-28-23)8-13(9-17(21)30)12-4-6-14(25)7-5-12/h4-7,10-11,13,22H,8-9H2,1-3H3,(H,26,28)(H,27,29)/t13-,22-/m0/s1. The summed E-state index contributed by atoms with van der Waals surface area (Å²) in [4.78, 5) is 13.6. The molecular formula is C24H23FN4O5. The van der Waals surface area contributed by atoms with Crippen molar-refractivity contribution in [3.63, 3.8) is 0 Å². The van der Waals surface area contributed by atoms with Crippen molar-refractivity contribution in [2.75, 3.05) is 32.0 Å². The third-order valence-electron chi connectivity index (χ3n) is 6.22. The van der Waals surface area contributed by atoms with E-state index in [0.29, 0.717) is 52.1 Å². The van der Waals surface area contributed by atoms with Gasteiger partial charge >= 0.3 is 0 Å². The molecule has 5 rings (SSSR count). The molecule has 0 unspecified atom stereocenters. The van der Waals surface area contributed by atoms with Gasteiger partial charge in [-0.2, -0.15) is 0 Å². The largest absolute Gasteiger partial charge is 0.496 e. The summed E-state index contributed by atoms with van der Waals surface area (Å²) in [7, 11) is 4.63. The van der Waals surface area contributed by atoms with Gasteiger partial charge in [-0.3, -0.25) is 4.79 Å².